The molecule has 0 aromatic heterocycles. The maximum atomic E-state index is 12.3. The third-order valence-electron chi connectivity index (χ3n) is 3.94. The van der Waals surface area contributed by atoms with Gasteiger partial charge in [0.05, 0.1) is 13.2 Å². The van der Waals surface area contributed by atoms with Crippen molar-refractivity contribution in [2.75, 3.05) is 26.9 Å². The lowest BCUT2D eigenvalue weighted by Gasteiger charge is -2.37. The van der Waals surface area contributed by atoms with Gasteiger partial charge in [-0.1, -0.05) is 6.92 Å². The van der Waals surface area contributed by atoms with Gasteiger partial charge in [0.1, 0.15) is 18.8 Å². The van der Waals surface area contributed by atoms with Crippen molar-refractivity contribution in [2.24, 2.45) is 5.41 Å². The number of carbonyl (C=O) groups excluding carboxylic acids is 1. The van der Waals surface area contributed by atoms with Gasteiger partial charge in [0.25, 0.3) is 0 Å². The van der Waals surface area contributed by atoms with E-state index >= 15 is 0 Å². The van der Waals surface area contributed by atoms with Gasteiger partial charge in [-0.3, -0.25) is 0 Å². The monoisotopic (exact) mass is 302 g/mol. The van der Waals surface area contributed by atoms with E-state index in [0.29, 0.717) is 19.8 Å². The highest BCUT2D eigenvalue weighted by atomic mass is 16.8. The van der Waals surface area contributed by atoms with Gasteiger partial charge in [-0.15, -0.1) is 0 Å². The van der Waals surface area contributed by atoms with E-state index in [-0.39, 0.29) is 5.41 Å². The Morgan fingerprint density at radius 3 is 2.43 bits per heavy atom. The molecule has 0 N–H and O–H groups in total. The van der Waals surface area contributed by atoms with Gasteiger partial charge in [-0.25, -0.2) is 4.79 Å². The van der Waals surface area contributed by atoms with Crippen LogP contribution in [0.4, 0.5) is 0 Å². The molecule has 0 saturated carbocycles. The SMILES string of the molecule is COC1OC(C(=O)OCC2(C)COC2)C2OC(C)(C)OC12. The molecule has 0 aliphatic carbocycles. The van der Waals surface area contributed by atoms with E-state index < -0.39 is 36.4 Å². The van der Waals surface area contributed by atoms with Crippen molar-refractivity contribution in [3.63, 3.8) is 0 Å². The molecule has 3 rings (SSSR count). The summed E-state index contributed by atoms with van der Waals surface area (Å²) in [6.07, 6.45) is -2.39. The Hall–Kier alpha value is -0.730. The van der Waals surface area contributed by atoms with Crippen LogP contribution in [0.15, 0.2) is 0 Å². The highest BCUT2D eigenvalue weighted by molar-refractivity contribution is 5.76. The third-order valence-corrected chi connectivity index (χ3v) is 3.94. The Kier molecular flexibility index (Phi) is 3.74. The maximum Gasteiger partial charge on any atom is 0.338 e. The van der Waals surface area contributed by atoms with Crippen molar-refractivity contribution in [3.8, 4) is 0 Å². The van der Waals surface area contributed by atoms with Crippen LogP contribution in [0.2, 0.25) is 0 Å². The van der Waals surface area contributed by atoms with Gasteiger partial charge in [-0.05, 0) is 13.8 Å². The molecule has 21 heavy (non-hydrogen) atoms. The average Bonchev–Trinajstić information content (AvgIpc) is 2.86. The molecule has 3 fully saturated rings. The van der Waals surface area contributed by atoms with E-state index in [1.807, 2.05) is 6.92 Å². The second-order valence-corrected chi connectivity index (χ2v) is 6.64. The number of fused-ring (bicyclic) bond motifs is 1. The molecule has 3 heterocycles. The first-order valence-corrected chi connectivity index (χ1v) is 7.12. The predicted molar refractivity (Wildman–Crippen MR) is 69.4 cm³/mol. The summed E-state index contributed by atoms with van der Waals surface area (Å²) < 4.78 is 32.8. The Labute approximate surface area is 123 Å². The summed E-state index contributed by atoms with van der Waals surface area (Å²) in [4.78, 5) is 12.3. The molecule has 4 atom stereocenters. The molecule has 3 aliphatic heterocycles. The molecule has 3 saturated heterocycles. The predicted octanol–water partition coefficient (Wildman–Crippen LogP) is 0.458. The van der Waals surface area contributed by atoms with E-state index in [0.717, 1.165) is 0 Å². The molecule has 120 valence electrons. The van der Waals surface area contributed by atoms with Crippen molar-refractivity contribution in [1.82, 2.24) is 0 Å². The second kappa shape index (κ2) is 5.17. The van der Waals surface area contributed by atoms with E-state index in [4.69, 9.17) is 28.4 Å². The summed E-state index contributed by atoms with van der Waals surface area (Å²) in [5.74, 6) is -1.21. The molecule has 3 aliphatic rings. The standard InChI is InChI=1S/C14H22O7/c1-13(2)20-8-9(19-12(16-4)10(8)21-13)11(15)18-7-14(3)5-17-6-14/h8-10,12H,5-7H2,1-4H3. The Balaban J connectivity index is 1.63. The van der Waals surface area contributed by atoms with Gasteiger partial charge in [0, 0.05) is 12.5 Å². The van der Waals surface area contributed by atoms with E-state index in [1.165, 1.54) is 7.11 Å². The summed E-state index contributed by atoms with van der Waals surface area (Å²) in [5.41, 5.74) is -0.0966. The molecular weight excluding hydrogens is 280 g/mol. The van der Waals surface area contributed by atoms with Crippen LogP contribution in [0.1, 0.15) is 20.8 Å². The second-order valence-electron chi connectivity index (χ2n) is 6.64. The topological polar surface area (TPSA) is 72.5 Å². The zero-order chi connectivity index (χ0) is 15.3. The third kappa shape index (κ3) is 2.80. The number of hydrogen-bond donors (Lipinski definition) is 0. The Morgan fingerprint density at radius 1 is 1.19 bits per heavy atom. The van der Waals surface area contributed by atoms with E-state index in [1.54, 1.807) is 13.8 Å². The highest BCUT2D eigenvalue weighted by Gasteiger charge is 2.58. The Morgan fingerprint density at radius 2 is 1.86 bits per heavy atom. The van der Waals surface area contributed by atoms with E-state index in [9.17, 15) is 4.79 Å². The van der Waals surface area contributed by atoms with Crippen LogP contribution < -0.4 is 0 Å². The number of carbonyl (C=O) groups is 1. The quantitative estimate of drug-likeness (QED) is 0.698. The summed E-state index contributed by atoms with van der Waals surface area (Å²) >= 11 is 0. The lowest BCUT2D eigenvalue weighted by Crippen LogP contribution is -2.46. The summed E-state index contributed by atoms with van der Waals surface area (Å²) in [6.45, 7) is 7.13. The number of rotatable bonds is 4. The first-order valence-electron chi connectivity index (χ1n) is 7.12. The van der Waals surface area contributed by atoms with E-state index in [2.05, 4.69) is 0 Å². The Bertz CT molecular complexity index is 418. The molecule has 0 spiro atoms. The van der Waals surface area contributed by atoms with Crippen LogP contribution in [-0.4, -0.2) is 63.3 Å². The van der Waals surface area contributed by atoms with Gasteiger partial charge < -0.3 is 28.4 Å². The van der Waals surface area contributed by atoms with Crippen LogP contribution in [-0.2, 0) is 33.2 Å². The van der Waals surface area contributed by atoms with Crippen LogP contribution in [0.5, 0.6) is 0 Å². The van der Waals surface area contributed by atoms with Crippen molar-refractivity contribution < 1.29 is 33.2 Å². The van der Waals surface area contributed by atoms with Crippen LogP contribution in [0.3, 0.4) is 0 Å². The number of ether oxygens (including phenoxy) is 6. The fourth-order valence-corrected chi connectivity index (χ4v) is 2.80. The normalized spacial score (nSPS) is 39.6. The highest BCUT2D eigenvalue weighted by Crippen LogP contribution is 2.39. The average molecular weight is 302 g/mol. The molecule has 0 radical (unpaired) electrons. The molecule has 7 heteroatoms. The summed E-state index contributed by atoms with van der Waals surface area (Å²) in [5, 5.41) is 0. The molecule has 4 unspecified atom stereocenters. The van der Waals surface area contributed by atoms with Gasteiger partial charge in [-0.2, -0.15) is 0 Å². The number of methoxy groups -OCH3 is 1. The van der Waals surface area contributed by atoms with Crippen molar-refractivity contribution in [3.05, 3.63) is 0 Å². The molecule has 0 bridgehead atoms. The van der Waals surface area contributed by atoms with Crippen LogP contribution in [0, 0.1) is 5.41 Å². The first-order chi connectivity index (χ1) is 9.84. The minimum absolute atomic E-state index is 0.0966. The lowest BCUT2D eigenvalue weighted by atomic mass is 9.90. The summed E-state index contributed by atoms with van der Waals surface area (Å²) in [7, 11) is 1.51. The first kappa shape index (κ1) is 15.2. The zero-order valence-corrected chi connectivity index (χ0v) is 12.8. The molecule has 7 nitrogen and oxygen atoms in total. The zero-order valence-electron chi connectivity index (χ0n) is 12.8. The molecule has 0 aromatic rings. The summed E-state index contributed by atoms with van der Waals surface area (Å²) in [6, 6.07) is 0. The van der Waals surface area contributed by atoms with Gasteiger partial charge >= 0.3 is 5.97 Å². The maximum absolute atomic E-state index is 12.3. The smallest absolute Gasteiger partial charge is 0.338 e. The number of hydrogen-bond acceptors (Lipinski definition) is 7. The van der Waals surface area contributed by atoms with Crippen molar-refractivity contribution >= 4 is 5.97 Å². The lowest BCUT2D eigenvalue weighted by molar-refractivity contribution is -0.232. The molecule has 0 aromatic carbocycles. The number of esters is 1. The minimum atomic E-state index is -0.827. The fourth-order valence-electron chi connectivity index (χ4n) is 2.80. The van der Waals surface area contributed by atoms with Gasteiger partial charge in [0.15, 0.2) is 18.2 Å². The van der Waals surface area contributed by atoms with Crippen LogP contribution in [0.25, 0.3) is 0 Å². The van der Waals surface area contributed by atoms with Crippen molar-refractivity contribution in [2.45, 2.75) is 51.2 Å². The minimum Gasteiger partial charge on any atom is -0.463 e. The van der Waals surface area contributed by atoms with Gasteiger partial charge in [0.2, 0.25) is 0 Å². The molecule has 0 amide bonds. The van der Waals surface area contributed by atoms with Crippen LogP contribution >= 0.6 is 0 Å². The largest absolute Gasteiger partial charge is 0.463 e. The molecular formula is C14H22O7. The fraction of sp³-hybridized carbons (Fsp3) is 0.929. The van der Waals surface area contributed by atoms with Crippen molar-refractivity contribution in [1.29, 1.82) is 0 Å².